The van der Waals surface area contributed by atoms with Gasteiger partial charge in [-0.15, -0.1) is 0 Å². The summed E-state index contributed by atoms with van der Waals surface area (Å²) in [4.78, 5) is 48.7. The number of hydrogen-bond donors (Lipinski definition) is 1. The SMILES string of the molecule is CC(=O)OCC(=O)[C@@]1(OC(C)=O)CC[C@H]2[C@@H]3CCC4=CC(=O)C=C[C@]4(C)[C@@]3(F)[C@@H](O)C[C@@]21C. The fraction of sp³-hybridized carbons (Fsp3) is 0.680. The van der Waals surface area contributed by atoms with Gasteiger partial charge in [0, 0.05) is 30.6 Å². The Bertz CT molecular complexity index is 985. The van der Waals surface area contributed by atoms with Gasteiger partial charge in [-0.1, -0.05) is 18.6 Å². The van der Waals surface area contributed by atoms with E-state index >= 15 is 4.39 Å². The second kappa shape index (κ2) is 7.58. The van der Waals surface area contributed by atoms with Crippen molar-refractivity contribution >= 4 is 23.5 Å². The van der Waals surface area contributed by atoms with Crippen molar-refractivity contribution in [3.8, 4) is 0 Å². The molecule has 180 valence electrons. The highest BCUT2D eigenvalue weighted by Gasteiger charge is 2.75. The molecule has 8 heteroatoms. The number of fused-ring (bicyclic) bond motifs is 5. The van der Waals surface area contributed by atoms with E-state index in [1.54, 1.807) is 19.9 Å². The first-order valence-corrected chi connectivity index (χ1v) is 11.5. The maximum absolute atomic E-state index is 17.1. The van der Waals surface area contributed by atoms with Gasteiger partial charge in [-0.05, 0) is 57.1 Å². The molecule has 0 radical (unpaired) electrons. The Kier molecular flexibility index (Phi) is 5.47. The smallest absolute Gasteiger partial charge is 0.303 e. The summed E-state index contributed by atoms with van der Waals surface area (Å²) >= 11 is 0. The summed E-state index contributed by atoms with van der Waals surface area (Å²) in [5, 5.41) is 11.4. The second-order valence-electron chi connectivity index (χ2n) is 10.4. The minimum absolute atomic E-state index is 0.103. The second-order valence-corrected chi connectivity index (χ2v) is 10.4. The average Bonchev–Trinajstić information content (AvgIpc) is 3.00. The normalized spacial score (nSPS) is 43.6. The van der Waals surface area contributed by atoms with Crippen molar-refractivity contribution in [2.75, 3.05) is 6.61 Å². The summed E-state index contributed by atoms with van der Waals surface area (Å²) in [5.74, 6) is -2.99. The lowest BCUT2D eigenvalue weighted by molar-refractivity contribution is -0.225. The Balaban J connectivity index is 1.78. The summed E-state index contributed by atoms with van der Waals surface area (Å²) < 4.78 is 27.7. The highest BCUT2D eigenvalue weighted by atomic mass is 19.1. The van der Waals surface area contributed by atoms with Crippen LogP contribution in [0.2, 0.25) is 0 Å². The largest absolute Gasteiger partial charge is 0.458 e. The summed E-state index contributed by atoms with van der Waals surface area (Å²) in [5.41, 5.74) is -5.16. The zero-order valence-corrected chi connectivity index (χ0v) is 19.5. The first-order valence-electron chi connectivity index (χ1n) is 11.5. The Hall–Kier alpha value is -2.35. The van der Waals surface area contributed by atoms with Crippen molar-refractivity contribution in [2.45, 2.75) is 77.2 Å². The van der Waals surface area contributed by atoms with Crippen molar-refractivity contribution < 1.29 is 38.1 Å². The lowest BCUT2D eigenvalue weighted by atomic mass is 9.44. The number of allylic oxidation sites excluding steroid dienone is 4. The maximum atomic E-state index is 17.1. The van der Waals surface area contributed by atoms with Crippen LogP contribution in [0.15, 0.2) is 23.8 Å². The summed E-state index contributed by atoms with van der Waals surface area (Å²) in [6, 6.07) is 0. The molecule has 0 aliphatic heterocycles. The summed E-state index contributed by atoms with van der Waals surface area (Å²) in [7, 11) is 0. The first-order chi connectivity index (χ1) is 15.3. The zero-order valence-electron chi connectivity index (χ0n) is 19.5. The van der Waals surface area contributed by atoms with E-state index in [4.69, 9.17) is 9.47 Å². The standard InChI is InChI=1S/C25H31FO7/c1-14(27)32-13-21(31)24(33-15(2)28)10-8-18-19-6-5-16-11-17(29)7-9-22(16,3)25(19,26)20(30)12-23(18,24)4/h7,9,11,18-20,30H,5-6,8,10,12-13H2,1-4H3/t18-,19-,20-,22-,23-,24-,25-/m0/s1. The molecule has 0 aromatic rings. The number of carbonyl (C=O) groups is 4. The number of Topliss-reactive ketones (excluding diaryl/α,β-unsaturated/α-hetero) is 1. The van der Waals surface area contributed by atoms with E-state index in [1.165, 1.54) is 26.0 Å². The molecule has 0 spiro atoms. The minimum atomic E-state index is -2.04. The van der Waals surface area contributed by atoms with Crippen LogP contribution in [0, 0.1) is 22.7 Å². The molecular weight excluding hydrogens is 431 g/mol. The molecule has 0 saturated heterocycles. The molecule has 3 saturated carbocycles. The highest BCUT2D eigenvalue weighted by molar-refractivity contribution is 6.01. The van der Waals surface area contributed by atoms with Crippen molar-refractivity contribution in [3.05, 3.63) is 23.8 Å². The van der Waals surface area contributed by atoms with Gasteiger partial charge in [0.15, 0.2) is 23.7 Å². The van der Waals surface area contributed by atoms with Gasteiger partial charge in [0.2, 0.25) is 5.78 Å². The van der Waals surface area contributed by atoms with E-state index in [2.05, 4.69) is 0 Å². The molecule has 3 fully saturated rings. The number of ether oxygens (including phenoxy) is 2. The number of carbonyl (C=O) groups excluding carboxylic acids is 4. The van der Waals surface area contributed by atoms with Gasteiger partial charge < -0.3 is 14.6 Å². The molecule has 0 bridgehead atoms. The van der Waals surface area contributed by atoms with Gasteiger partial charge in [0.1, 0.15) is 0 Å². The monoisotopic (exact) mass is 462 g/mol. The van der Waals surface area contributed by atoms with Crippen molar-refractivity contribution in [1.29, 1.82) is 0 Å². The van der Waals surface area contributed by atoms with Gasteiger partial charge in [-0.2, -0.15) is 0 Å². The van der Waals surface area contributed by atoms with Crippen molar-refractivity contribution in [1.82, 2.24) is 0 Å². The fourth-order valence-electron chi connectivity index (χ4n) is 7.41. The van der Waals surface area contributed by atoms with Crippen LogP contribution in [0.3, 0.4) is 0 Å². The van der Waals surface area contributed by atoms with Crippen LogP contribution >= 0.6 is 0 Å². The molecule has 4 aliphatic rings. The predicted octanol–water partition coefficient (Wildman–Crippen LogP) is 2.79. The maximum Gasteiger partial charge on any atom is 0.303 e. The molecule has 0 aromatic carbocycles. The van der Waals surface area contributed by atoms with Crippen LogP contribution in [0.25, 0.3) is 0 Å². The van der Waals surface area contributed by atoms with E-state index in [-0.39, 0.29) is 24.5 Å². The Labute approximate surface area is 192 Å². The topological polar surface area (TPSA) is 107 Å². The lowest BCUT2D eigenvalue weighted by Gasteiger charge is -2.62. The van der Waals surface area contributed by atoms with Crippen LogP contribution < -0.4 is 0 Å². The van der Waals surface area contributed by atoms with E-state index in [0.29, 0.717) is 24.8 Å². The fourth-order valence-corrected chi connectivity index (χ4v) is 7.41. The molecule has 4 rings (SSSR count). The van der Waals surface area contributed by atoms with Crippen molar-refractivity contribution in [2.24, 2.45) is 22.7 Å². The number of halogens is 1. The molecule has 0 amide bonds. The van der Waals surface area contributed by atoms with E-state index < -0.39 is 58.5 Å². The Morgan fingerprint density at radius 2 is 1.85 bits per heavy atom. The number of aliphatic hydroxyl groups excluding tert-OH is 1. The van der Waals surface area contributed by atoms with Gasteiger partial charge in [-0.25, -0.2) is 4.39 Å². The minimum Gasteiger partial charge on any atom is -0.458 e. The Morgan fingerprint density at radius 3 is 2.48 bits per heavy atom. The number of esters is 2. The number of rotatable bonds is 4. The van der Waals surface area contributed by atoms with Crippen LogP contribution in [0.1, 0.15) is 59.8 Å². The highest BCUT2D eigenvalue weighted by Crippen LogP contribution is 2.70. The lowest BCUT2D eigenvalue weighted by Crippen LogP contribution is -2.69. The summed E-state index contributed by atoms with van der Waals surface area (Å²) in [6.45, 7) is 5.33. The molecule has 7 atom stereocenters. The third-order valence-corrected chi connectivity index (χ3v) is 8.94. The molecule has 0 unspecified atom stereocenters. The number of aliphatic hydroxyl groups is 1. The van der Waals surface area contributed by atoms with Crippen LogP contribution in [0.4, 0.5) is 4.39 Å². The number of hydrogen-bond acceptors (Lipinski definition) is 7. The molecular formula is C25H31FO7. The quantitative estimate of drug-likeness (QED) is 0.640. The Morgan fingerprint density at radius 1 is 1.15 bits per heavy atom. The van der Waals surface area contributed by atoms with E-state index in [1.807, 2.05) is 0 Å². The summed E-state index contributed by atoms with van der Waals surface area (Å²) in [6.07, 6.45) is 4.35. The van der Waals surface area contributed by atoms with Gasteiger partial charge in [0.05, 0.1) is 6.10 Å². The molecule has 7 nitrogen and oxygen atoms in total. The average molecular weight is 463 g/mol. The van der Waals surface area contributed by atoms with Crippen LogP contribution in [0.5, 0.6) is 0 Å². The zero-order chi connectivity index (χ0) is 24.4. The van der Waals surface area contributed by atoms with Gasteiger partial charge >= 0.3 is 11.9 Å². The molecule has 1 N–H and O–H groups in total. The molecule has 0 aromatic heterocycles. The predicted molar refractivity (Wildman–Crippen MR) is 114 cm³/mol. The van der Waals surface area contributed by atoms with E-state index in [0.717, 1.165) is 0 Å². The third-order valence-electron chi connectivity index (χ3n) is 8.94. The van der Waals surface area contributed by atoms with Crippen LogP contribution in [-0.4, -0.2) is 52.6 Å². The number of alkyl halides is 1. The first kappa shape index (κ1) is 23.8. The van der Waals surface area contributed by atoms with Gasteiger partial charge in [-0.3, -0.25) is 19.2 Å². The third kappa shape index (κ3) is 3.09. The molecule has 33 heavy (non-hydrogen) atoms. The number of ketones is 2. The van der Waals surface area contributed by atoms with Gasteiger partial charge in [0.25, 0.3) is 0 Å². The van der Waals surface area contributed by atoms with E-state index in [9.17, 15) is 24.3 Å². The molecule has 0 heterocycles. The molecule has 4 aliphatic carbocycles. The van der Waals surface area contributed by atoms with Crippen LogP contribution in [-0.2, 0) is 28.7 Å². The van der Waals surface area contributed by atoms with Crippen molar-refractivity contribution in [3.63, 3.8) is 0 Å².